The van der Waals surface area contributed by atoms with E-state index in [-0.39, 0.29) is 14.9 Å². The Morgan fingerprint density at radius 1 is 0.750 bits per heavy atom. The van der Waals surface area contributed by atoms with Crippen molar-refractivity contribution in [3.05, 3.63) is 72.9 Å². The third-order valence-corrected chi connectivity index (χ3v) is 5.86. The van der Waals surface area contributed by atoms with Gasteiger partial charge in [0.05, 0.1) is 0 Å². The minimum atomic E-state index is -0.869. The third kappa shape index (κ3) is 2.16. The first kappa shape index (κ1) is 13.1. The molecule has 0 unspecified atom stereocenters. The number of aliphatic hydroxyl groups is 1. The van der Waals surface area contributed by atoms with Gasteiger partial charge < -0.3 is 5.11 Å². The summed E-state index contributed by atoms with van der Waals surface area (Å²) in [7, 11) is 0. The fourth-order valence-corrected chi connectivity index (χ4v) is 4.44. The number of fused-ring (bicyclic) bond motifs is 1. The van der Waals surface area contributed by atoms with Crippen LogP contribution in [0.15, 0.2) is 58.2 Å². The second-order valence-corrected chi connectivity index (χ2v) is 7.12. The summed E-state index contributed by atoms with van der Waals surface area (Å²) in [5, 5.41) is 10.3. The van der Waals surface area contributed by atoms with E-state index in [2.05, 4.69) is 0 Å². The highest BCUT2D eigenvalue weighted by Gasteiger charge is 2.41. The van der Waals surface area contributed by atoms with Gasteiger partial charge in [-0.05, 0) is 12.1 Å². The summed E-state index contributed by atoms with van der Waals surface area (Å²) < 4.78 is 1.27. The average molecular weight is 377 g/mol. The van der Waals surface area contributed by atoms with Gasteiger partial charge >= 0.3 is 21.2 Å². The molecule has 1 aliphatic rings. The molecule has 0 bridgehead atoms. The van der Waals surface area contributed by atoms with Crippen LogP contribution in [-0.2, 0) is 4.79 Å². The molecule has 0 amide bonds. The van der Waals surface area contributed by atoms with E-state index in [1.165, 1.54) is 0 Å². The maximum absolute atomic E-state index is 12.2. The van der Waals surface area contributed by atoms with Crippen LogP contribution < -0.4 is 21.2 Å². The van der Waals surface area contributed by atoms with E-state index in [4.69, 9.17) is 0 Å². The number of hydrogen-bond donors (Lipinski definition) is 1. The maximum atomic E-state index is 12.2. The van der Waals surface area contributed by atoms with Gasteiger partial charge in [0.25, 0.3) is 9.36 Å². The van der Waals surface area contributed by atoms with Gasteiger partial charge in [0.15, 0.2) is 9.33 Å². The second kappa shape index (κ2) is 5.20. The molecule has 0 saturated heterocycles. The minimum Gasteiger partial charge on any atom is -0.503 e. The Morgan fingerprint density at radius 2 is 1.35 bits per heavy atom. The molecule has 0 radical (unpaired) electrons. The van der Waals surface area contributed by atoms with Crippen LogP contribution in [0.1, 0.15) is 15.9 Å². The molecule has 3 rings (SSSR count). The average Bonchev–Trinajstić information content (AvgIpc) is 2.50. The smallest absolute Gasteiger partial charge is 0.366 e. The van der Waals surface area contributed by atoms with E-state index < -0.39 is 32.8 Å². The molecule has 0 heterocycles. The van der Waals surface area contributed by atoms with Gasteiger partial charge in [-0.1, -0.05) is 42.5 Å². The molecular weight excluding hydrogens is 367 g/mol. The zero-order valence-electron chi connectivity index (χ0n) is 10.3. The lowest BCUT2D eigenvalue weighted by Gasteiger charge is -2.11. The van der Waals surface area contributed by atoms with Crippen molar-refractivity contribution in [3.63, 3.8) is 0 Å². The van der Waals surface area contributed by atoms with E-state index in [9.17, 15) is 14.7 Å². The van der Waals surface area contributed by atoms with Gasteiger partial charge in [0.2, 0.25) is 5.78 Å². The summed E-state index contributed by atoms with van der Waals surface area (Å²) in [6.45, 7) is 0. The van der Waals surface area contributed by atoms with Crippen molar-refractivity contribution in [2.45, 2.75) is 0 Å². The fourth-order valence-electron chi connectivity index (χ4n) is 2.01. The lowest BCUT2D eigenvalue weighted by Crippen LogP contribution is -3.61. The summed E-state index contributed by atoms with van der Waals surface area (Å²) in [5.74, 6) is -1.14. The van der Waals surface area contributed by atoms with Crippen LogP contribution in [0.2, 0.25) is 0 Å². The number of aliphatic hydroxyl groups excluding tert-OH is 1. The summed E-state index contributed by atoms with van der Waals surface area (Å²) in [5.41, 5.74) is 0.749. The second-order valence-electron chi connectivity index (χ2n) is 4.26. The Bertz CT molecular complexity index is 732. The highest BCUT2D eigenvalue weighted by atomic mass is 127. The molecule has 0 spiro atoms. The lowest BCUT2D eigenvalue weighted by molar-refractivity contribution is -0.569. The molecule has 0 saturated carbocycles. The van der Waals surface area contributed by atoms with Gasteiger partial charge in [-0.15, -0.1) is 0 Å². The minimum absolute atomic E-state index is 0.0400. The largest absolute Gasteiger partial charge is 0.503 e. The lowest BCUT2D eigenvalue weighted by atomic mass is 9.94. The van der Waals surface area contributed by atoms with Crippen molar-refractivity contribution < 1.29 is 35.9 Å². The van der Waals surface area contributed by atoms with Crippen molar-refractivity contribution in [2.24, 2.45) is 0 Å². The van der Waals surface area contributed by atoms with Gasteiger partial charge in [0, 0.05) is 11.1 Å². The number of benzene rings is 2. The number of ketones is 2. The Labute approximate surface area is 126 Å². The fraction of sp³-hybridized carbons (Fsp3) is 0. The topological polar surface area (TPSA) is 54.4 Å². The zero-order valence-corrected chi connectivity index (χ0v) is 12.5. The number of halogens is 1. The standard InChI is InChI=1S/C16H9IO3/c18-14-11-8-4-5-9-12(11)15(19)16(20)13(14)17-10-6-2-1-3-7-10/h1-9H/p+1. The summed E-state index contributed by atoms with van der Waals surface area (Å²) >= 11 is -0.869. The van der Waals surface area contributed by atoms with Crippen molar-refractivity contribution in [2.75, 3.05) is 0 Å². The first-order valence-corrected chi connectivity index (χ1v) is 8.16. The number of allylic oxidation sites excluding steroid dienone is 1. The highest BCUT2D eigenvalue weighted by Crippen LogP contribution is 2.24. The Kier molecular flexibility index (Phi) is 3.40. The van der Waals surface area contributed by atoms with E-state index in [0.717, 1.165) is 3.57 Å². The van der Waals surface area contributed by atoms with Crippen LogP contribution in [0.5, 0.6) is 0 Å². The number of hydrogen-bond acceptors (Lipinski definition) is 3. The summed E-state index contributed by atoms with van der Waals surface area (Å²) in [6, 6.07) is 16.2. The van der Waals surface area contributed by atoms with E-state index in [0.29, 0.717) is 5.56 Å². The Balaban J connectivity index is 2.10. The number of carbonyl (C=O) groups excluding carboxylic acids is 2. The van der Waals surface area contributed by atoms with Crippen LogP contribution in [-0.4, -0.2) is 16.7 Å². The first-order chi connectivity index (χ1) is 9.68. The summed E-state index contributed by atoms with van der Waals surface area (Å²) in [4.78, 5) is 24.2. The first-order valence-electron chi connectivity index (χ1n) is 6.00. The van der Waals surface area contributed by atoms with Crippen molar-refractivity contribution in [1.82, 2.24) is 0 Å². The summed E-state index contributed by atoms with van der Waals surface area (Å²) in [6.07, 6.45) is 0. The number of carbonyl (C=O) groups is 2. The monoisotopic (exact) mass is 377 g/mol. The van der Waals surface area contributed by atoms with Crippen molar-refractivity contribution >= 4 is 17.3 Å². The van der Waals surface area contributed by atoms with Crippen LogP contribution in [0, 0.1) is 3.57 Å². The zero-order chi connectivity index (χ0) is 14.1. The van der Waals surface area contributed by atoms with E-state index in [1.54, 1.807) is 24.3 Å². The molecule has 0 fully saturated rings. The molecule has 98 valence electrons. The van der Waals surface area contributed by atoms with Gasteiger partial charge in [-0.3, -0.25) is 9.59 Å². The quantitative estimate of drug-likeness (QED) is 0.575. The van der Waals surface area contributed by atoms with Gasteiger partial charge in [-0.25, -0.2) is 0 Å². The Hall–Kier alpha value is -1.95. The van der Waals surface area contributed by atoms with Gasteiger partial charge in [0.1, 0.15) is 0 Å². The molecule has 1 aliphatic carbocycles. The predicted octanol–water partition coefficient (Wildman–Crippen LogP) is -0.363. The van der Waals surface area contributed by atoms with E-state index in [1.807, 2.05) is 30.3 Å². The van der Waals surface area contributed by atoms with Crippen molar-refractivity contribution in [1.29, 1.82) is 0 Å². The number of rotatable bonds is 2. The molecule has 1 N–H and O–H groups in total. The van der Waals surface area contributed by atoms with Crippen LogP contribution in [0.3, 0.4) is 0 Å². The normalized spacial score (nSPS) is 14.4. The Morgan fingerprint density at radius 3 is 2.05 bits per heavy atom. The molecule has 0 aromatic heterocycles. The van der Waals surface area contributed by atoms with E-state index >= 15 is 0 Å². The molecule has 4 heteroatoms. The third-order valence-electron chi connectivity index (χ3n) is 2.98. The van der Waals surface area contributed by atoms with Crippen LogP contribution in [0.4, 0.5) is 0 Å². The molecular formula is C16H10IO3+. The molecule has 3 nitrogen and oxygen atoms in total. The highest BCUT2D eigenvalue weighted by molar-refractivity contribution is 6.51. The SMILES string of the molecule is O=C1C(=O)c2ccccc2C(O)=C1[I+]c1ccccc1. The molecule has 20 heavy (non-hydrogen) atoms. The van der Waals surface area contributed by atoms with Gasteiger partial charge in [-0.2, -0.15) is 0 Å². The molecule has 2 aromatic rings. The number of Topliss-reactive ketones (excluding diaryl/α,β-unsaturated/α-hetero) is 2. The molecule has 0 aliphatic heterocycles. The molecule has 0 atom stereocenters. The predicted molar refractivity (Wildman–Crippen MR) is 70.5 cm³/mol. The van der Waals surface area contributed by atoms with Crippen LogP contribution >= 0.6 is 0 Å². The van der Waals surface area contributed by atoms with Crippen molar-refractivity contribution in [3.8, 4) is 0 Å². The van der Waals surface area contributed by atoms with Crippen LogP contribution in [0.25, 0.3) is 5.76 Å². The molecule has 2 aromatic carbocycles. The maximum Gasteiger partial charge on any atom is 0.366 e.